The van der Waals surface area contributed by atoms with Crippen molar-refractivity contribution in [2.75, 3.05) is 13.3 Å². The maximum Gasteiger partial charge on any atom is 0.325 e. The Morgan fingerprint density at radius 2 is 2.24 bits per heavy atom. The van der Waals surface area contributed by atoms with Gasteiger partial charge >= 0.3 is 5.97 Å². The largest absolute Gasteiger partial charge is 0.480 e. The monoisotopic (exact) mass is 306 g/mol. The van der Waals surface area contributed by atoms with Crippen molar-refractivity contribution in [3.05, 3.63) is 28.7 Å². The molecule has 2 heterocycles. The number of thioether (sulfide) groups is 1. The number of amides is 1. The maximum absolute atomic E-state index is 11.8. The van der Waals surface area contributed by atoms with Gasteiger partial charge in [0.1, 0.15) is 6.54 Å². The number of benzene rings is 1. The van der Waals surface area contributed by atoms with E-state index in [-0.39, 0.29) is 24.4 Å². The smallest absolute Gasteiger partial charge is 0.325 e. The number of aliphatic imine (C=N–C) groups is 1. The highest BCUT2D eigenvalue weighted by Crippen LogP contribution is 2.34. The van der Waals surface area contributed by atoms with Crippen LogP contribution < -0.4 is 14.8 Å². The van der Waals surface area contributed by atoms with Crippen LogP contribution in [-0.4, -0.2) is 35.5 Å². The van der Waals surface area contributed by atoms with Gasteiger partial charge < -0.3 is 19.9 Å². The molecule has 0 atom stereocenters. The molecule has 1 saturated heterocycles. The van der Waals surface area contributed by atoms with Gasteiger partial charge in [0.2, 0.25) is 6.79 Å². The number of carboxylic acid groups (broad SMARTS) is 1. The molecule has 0 aliphatic carbocycles. The van der Waals surface area contributed by atoms with Crippen molar-refractivity contribution in [2.45, 2.75) is 0 Å². The van der Waals surface area contributed by atoms with Crippen LogP contribution in [0.25, 0.3) is 6.08 Å². The molecule has 1 fully saturated rings. The number of amidine groups is 1. The van der Waals surface area contributed by atoms with Gasteiger partial charge in [-0.3, -0.25) is 14.6 Å². The Kier molecular flexibility index (Phi) is 3.53. The zero-order chi connectivity index (χ0) is 14.8. The van der Waals surface area contributed by atoms with Crippen molar-refractivity contribution in [2.24, 2.45) is 4.99 Å². The van der Waals surface area contributed by atoms with E-state index in [1.807, 2.05) is 0 Å². The van der Waals surface area contributed by atoms with E-state index in [0.29, 0.717) is 16.4 Å². The lowest BCUT2D eigenvalue weighted by Gasteiger charge is -1.98. The average molecular weight is 306 g/mol. The van der Waals surface area contributed by atoms with Gasteiger partial charge in [-0.1, -0.05) is 6.07 Å². The van der Waals surface area contributed by atoms with Crippen molar-refractivity contribution < 1.29 is 24.2 Å². The Hall–Kier alpha value is -2.48. The minimum Gasteiger partial charge on any atom is -0.480 e. The maximum atomic E-state index is 11.8. The first-order chi connectivity index (χ1) is 10.1. The molecule has 0 aromatic heterocycles. The predicted octanol–water partition coefficient (Wildman–Crippen LogP) is 1.06. The fourth-order valence-corrected chi connectivity index (χ4v) is 2.62. The van der Waals surface area contributed by atoms with E-state index in [0.717, 1.165) is 17.3 Å². The van der Waals surface area contributed by atoms with Gasteiger partial charge in [-0.25, -0.2) is 0 Å². The average Bonchev–Trinajstić information content (AvgIpc) is 3.03. The van der Waals surface area contributed by atoms with Crippen molar-refractivity contribution in [1.82, 2.24) is 5.32 Å². The topological polar surface area (TPSA) is 97.2 Å². The highest BCUT2D eigenvalue weighted by Gasteiger charge is 2.24. The van der Waals surface area contributed by atoms with Crippen molar-refractivity contribution >= 4 is 34.9 Å². The van der Waals surface area contributed by atoms with Gasteiger partial charge in [-0.2, -0.15) is 0 Å². The number of carbonyl (C=O) groups excluding carboxylic acids is 1. The summed E-state index contributed by atoms with van der Waals surface area (Å²) in [4.78, 5) is 26.5. The van der Waals surface area contributed by atoms with Crippen LogP contribution in [-0.2, 0) is 9.59 Å². The molecule has 2 aliphatic rings. The molecule has 0 radical (unpaired) electrons. The fourth-order valence-electron chi connectivity index (χ4n) is 1.80. The summed E-state index contributed by atoms with van der Waals surface area (Å²) in [6.45, 7) is -0.184. The standard InChI is InChI=1S/C13H10N2O5S/c16-11(17)5-14-13-15-12(18)10(21-13)4-7-1-2-8-9(3-7)20-6-19-8/h1-4H,5-6H2,(H,16,17)(H,14,15,18). The molecule has 21 heavy (non-hydrogen) atoms. The third-order valence-corrected chi connectivity index (χ3v) is 3.65. The van der Waals surface area contributed by atoms with E-state index in [2.05, 4.69) is 10.3 Å². The van der Waals surface area contributed by atoms with Crippen LogP contribution in [0.1, 0.15) is 5.56 Å². The van der Waals surface area contributed by atoms with Crippen LogP contribution in [0.4, 0.5) is 0 Å². The van der Waals surface area contributed by atoms with E-state index in [4.69, 9.17) is 14.6 Å². The van der Waals surface area contributed by atoms with Gasteiger partial charge in [0.15, 0.2) is 16.7 Å². The molecule has 1 aromatic carbocycles. The molecule has 0 saturated carbocycles. The minimum atomic E-state index is -1.05. The Bertz CT molecular complexity index is 683. The molecule has 2 N–H and O–H groups in total. The second-order valence-corrected chi connectivity index (χ2v) is 5.22. The number of carbonyl (C=O) groups is 2. The number of carboxylic acids is 1. The summed E-state index contributed by atoms with van der Waals surface area (Å²) in [6.07, 6.45) is 1.69. The lowest BCUT2D eigenvalue weighted by molar-refractivity contribution is -0.135. The van der Waals surface area contributed by atoms with Gasteiger partial charge in [-0.15, -0.1) is 0 Å². The summed E-state index contributed by atoms with van der Waals surface area (Å²) in [5, 5.41) is 11.4. The molecule has 108 valence electrons. The number of fused-ring (bicyclic) bond motifs is 1. The Morgan fingerprint density at radius 1 is 1.43 bits per heavy atom. The number of rotatable bonds is 3. The second-order valence-electron chi connectivity index (χ2n) is 4.19. The number of nitrogens with zero attached hydrogens (tertiary/aromatic N) is 1. The Balaban J connectivity index is 1.79. The van der Waals surface area contributed by atoms with Gasteiger partial charge in [0.25, 0.3) is 5.91 Å². The SMILES string of the molecule is O=C(O)CN=C1NC(=O)C(=Cc2ccc3c(c2)OCO3)S1. The quantitative estimate of drug-likeness (QED) is 0.810. The Morgan fingerprint density at radius 3 is 3.05 bits per heavy atom. The molecule has 8 heteroatoms. The first-order valence-electron chi connectivity index (χ1n) is 5.98. The summed E-state index contributed by atoms with van der Waals surface area (Å²) < 4.78 is 10.5. The molecule has 0 unspecified atom stereocenters. The molecule has 1 aromatic rings. The van der Waals surface area contributed by atoms with E-state index < -0.39 is 5.97 Å². The molecule has 1 amide bonds. The molecule has 2 aliphatic heterocycles. The van der Waals surface area contributed by atoms with Crippen LogP contribution in [0, 0.1) is 0 Å². The molecular formula is C13H10N2O5S. The molecule has 0 spiro atoms. The first-order valence-corrected chi connectivity index (χ1v) is 6.80. The zero-order valence-electron chi connectivity index (χ0n) is 10.7. The first kappa shape index (κ1) is 13.5. The third kappa shape index (κ3) is 3.00. The molecular weight excluding hydrogens is 296 g/mol. The molecule has 7 nitrogen and oxygen atoms in total. The zero-order valence-corrected chi connectivity index (χ0v) is 11.5. The number of hydrogen-bond donors (Lipinski definition) is 2. The summed E-state index contributed by atoms with van der Waals surface area (Å²) >= 11 is 1.10. The lowest BCUT2D eigenvalue weighted by atomic mass is 10.2. The fraction of sp³-hybridized carbons (Fsp3) is 0.154. The molecule has 0 bridgehead atoms. The van der Waals surface area contributed by atoms with Gasteiger partial charge in [0, 0.05) is 0 Å². The van der Waals surface area contributed by atoms with Gasteiger partial charge in [-0.05, 0) is 35.5 Å². The number of aliphatic carboxylic acids is 1. The van der Waals surface area contributed by atoms with Crippen molar-refractivity contribution in [1.29, 1.82) is 0 Å². The Labute approximate surface area is 123 Å². The van der Waals surface area contributed by atoms with Crippen LogP contribution in [0.2, 0.25) is 0 Å². The third-order valence-electron chi connectivity index (χ3n) is 2.70. The summed E-state index contributed by atoms with van der Waals surface area (Å²) in [5.74, 6) is -0.0516. The summed E-state index contributed by atoms with van der Waals surface area (Å²) in [6, 6.07) is 5.35. The second kappa shape index (κ2) is 5.49. The minimum absolute atomic E-state index is 0.191. The van der Waals surface area contributed by atoms with E-state index >= 15 is 0 Å². The van der Waals surface area contributed by atoms with Crippen molar-refractivity contribution in [3.63, 3.8) is 0 Å². The van der Waals surface area contributed by atoms with Crippen LogP contribution in [0.5, 0.6) is 11.5 Å². The highest BCUT2D eigenvalue weighted by molar-refractivity contribution is 8.18. The summed E-state index contributed by atoms with van der Waals surface area (Å²) in [7, 11) is 0. The number of nitrogens with one attached hydrogen (secondary N) is 1. The highest BCUT2D eigenvalue weighted by atomic mass is 32.2. The number of ether oxygens (including phenoxy) is 2. The van der Waals surface area contributed by atoms with Crippen molar-refractivity contribution in [3.8, 4) is 11.5 Å². The van der Waals surface area contributed by atoms with E-state index in [9.17, 15) is 9.59 Å². The van der Waals surface area contributed by atoms with Crippen LogP contribution in [0.15, 0.2) is 28.1 Å². The van der Waals surface area contributed by atoms with Crippen LogP contribution >= 0.6 is 11.8 Å². The van der Waals surface area contributed by atoms with E-state index in [1.54, 1.807) is 24.3 Å². The van der Waals surface area contributed by atoms with E-state index in [1.165, 1.54) is 0 Å². The molecule has 3 rings (SSSR count). The number of hydrogen-bond acceptors (Lipinski definition) is 6. The predicted molar refractivity (Wildman–Crippen MR) is 76.2 cm³/mol. The van der Waals surface area contributed by atoms with Crippen LogP contribution in [0.3, 0.4) is 0 Å². The normalized spacial score (nSPS) is 20.1. The summed E-state index contributed by atoms with van der Waals surface area (Å²) in [5.41, 5.74) is 0.788. The lowest BCUT2D eigenvalue weighted by Crippen LogP contribution is -2.20. The van der Waals surface area contributed by atoms with Gasteiger partial charge in [0.05, 0.1) is 4.91 Å².